The number of thiophene rings is 1. The second-order valence-electron chi connectivity index (χ2n) is 9.73. The van der Waals surface area contributed by atoms with Crippen LogP contribution in [0.4, 0.5) is 0 Å². The molecule has 3 heterocycles. The van der Waals surface area contributed by atoms with E-state index >= 15 is 0 Å². The Kier molecular flexibility index (Phi) is 4.76. The van der Waals surface area contributed by atoms with Gasteiger partial charge in [0.2, 0.25) is 5.91 Å². The van der Waals surface area contributed by atoms with Crippen LogP contribution < -0.4 is 4.74 Å². The van der Waals surface area contributed by atoms with Crippen LogP contribution in [0.5, 0.6) is 11.5 Å². The molecule has 0 radical (unpaired) electrons. The van der Waals surface area contributed by atoms with Crippen LogP contribution in [0.15, 0.2) is 34.1 Å². The lowest BCUT2D eigenvalue weighted by molar-refractivity contribution is -0.134. The Bertz CT molecular complexity index is 1130. The van der Waals surface area contributed by atoms with Crippen molar-refractivity contribution in [3.05, 3.63) is 50.1 Å². The molecule has 32 heavy (non-hydrogen) atoms. The molecule has 2 aliphatic carbocycles. The van der Waals surface area contributed by atoms with Crippen molar-refractivity contribution in [3.8, 4) is 11.5 Å². The van der Waals surface area contributed by atoms with Crippen LogP contribution in [-0.2, 0) is 16.6 Å². The summed E-state index contributed by atoms with van der Waals surface area (Å²) >= 11 is 5.07. The summed E-state index contributed by atoms with van der Waals surface area (Å²) in [5.41, 5.74) is 2.44. The summed E-state index contributed by atoms with van der Waals surface area (Å²) in [6.45, 7) is 1.02. The molecule has 2 aromatic rings. The molecular formula is C25H27BrN2O3S. The molecule has 1 aromatic heterocycles. The minimum atomic E-state index is -0.113. The van der Waals surface area contributed by atoms with E-state index in [1.807, 2.05) is 29.5 Å². The third-order valence-corrected chi connectivity index (χ3v) is 10.0. The second-order valence-corrected chi connectivity index (χ2v) is 11.6. The number of aromatic hydroxyl groups is 1. The first-order valence-corrected chi connectivity index (χ1v) is 13.0. The van der Waals surface area contributed by atoms with E-state index in [-0.39, 0.29) is 29.2 Å². The Balaban J connectivity index is 1.36. The number of carbonyl (C=O) groups excluding carboxylic acids is 1. The summed E-state index contributed by atoms with van der Waals surface area (Å²) in [6, 6.07) is 6.37. The van der Waals surface area contributed by atoms with Crippen LogP contribution in [-0.4, -0.2) is 59.6 Å². The number of benzene rings is 1. The normalized spacial score (nSPS) is 32.6. The maximum Gasteiger partial charge on any atom is 0.246 e. The number of rotatable bonds is 3. The summed E-state index contributed by atoms with van der Waals surface area (Å²) in [6.07, 6.45) is 7.47. The average molecular weight is 515 g/mol. The number of ether oxygens (including phenoxy) is 1. The highest BCUT2D eigenvalue weighted by Gasteiger charge is 2.66. The van der Waals surface area contributed by atoms with Gasteiger partial charge < -0.3 is 19.6 Å². The van der Waals surface area contributed by atoms with E-state index in [9.17, 15) is 9.90 Å². The monoisotopic (exact) mass is 514 g/mol. The van der Waals surface area contributed by atoms with Gasteiger partial charge >= 0.3 is 0 Å². The van der Waals surface area contributed by atoms with Crippen molar-refractivity contribution in [2.45, 2.75) is 49.3 Å². The maximum atomic E-state index is 13.2. The molecule has 6 rings (SSSR count). The lowest BCUT2D eigenvalue weighted by Gasteiger charge is -2.59. The zero-order chi connectivity index (χ0) is 22.2. The van der Waals surface area contributed by atoms with Gasteiger partial charge in [0, 0.05) is 44.9 Å². The molecular weight excluding hydrogens is 488 g/mol. The van der Waals surface area contributed by atoms with Crippen molar-refractivity contribution in [2.75, 3.05) is 20.6 Å². The molecule has 2 bridgehead atoms. The van der Waals surface area contributed by atoms with Gasteiger partial charge in [-0.1, -0.05) is 6.07 Å². The van der Waals surface area contributed by atoms with Crippen molar-refractivity contribution in [2.24, 2.45) is 5.92 Å². The molecule has 4 aliphatic rings. The molecule has 1 aromatic carbocycles. The van der Waals surface area contributed by atoms with Gasteiger partial charge in [-0.3, -0.25) is 4.79 Å². The van der Waals surface area contributed by atoms with Crippen LogP contribution in [0.1, 0.15) is 35.3 Å². The summed E-state index contributed by atoms with van der Waals surface area (Å²) in [4.78, 5) is 18.6. The number of phenols is 1. The SMILES string of the molecule is CN1CC[C@]23c4c5ccc(O)c4O[C@H]2[C@@H](N(C)C(=O)/C=C/c2cc(Br)cs2)CC[C@H]3[C@H]1C5. The molecule has 5 atom stereocenters. The van der Waals surface area contributed by atoms with Gasteiger partial charge in [0.15, 0.2) is 11.5 Å². The molecule has 1 amide bonds. The Morgan fingerprint density at radius 1 is 1.41 bits per heavy atom. The number of likely N-dealkylation sites (tertiary alicyclic amines) is 1. The number of carbonyl (C=O) groups is 1. The number of piperidine rings is 1. The number of hydrogen-bond donors (Lipinski definition) is 1. The van der Waals surface area contributed by atoms with Crippen LogP contribution in [0.3, 0.4) is 0 Å². The van der Waals surface area contributed by atoms with Gasteiger partial charge in [-0.2, -0.15) is 0 Å². The highest BCUT2D eigenvalue weighted by atomic mass is 79.9. The second kappa shape index (κ2) is 7.34. The first kappa shape index (κ1) is 20.8. The maximum absolute atomic E-state index is 13.2. The smallest absolute Gasteiger partial charge is 0.246 e. The summed E-state index contributed by atoms with van der Waals surface area (Å²) in [5.74, 6) is 1.41. The minimum absolute atomic E-state index is 0.00124. The zero-order valence-corrected chi connectivity index (χ0v) is 20.7. The van der Waals surface area contributed by atoms with Crippen molar-refractivity contribution in [1.29, 1.82) is 0 Å². The van der Waals surface area contributed by atoms with Crippen molar-refractivity contribution < 1.29 is 14.6 Å². The summed E-state index contributed by atoms with van der Waals surface area (Å²) < 4.78 is 7.63. The Morgan fingerprint density at radius 2 is 2.25 bits per heavy atom. The van der Waals surface area contributed by atoms with E-state index in [0.29, 0.717) is 17.7 Å². The molecule has 5 nitrogen and oxygen atoms in total. The molecule has 1 saturated heterocycles. The first-order chi connectivity index (χ1) is 15.4. The standard InChI is InChI=1S/C25H27BrN2O3S/c1-27-10-9-25-17-5-6-18(28(2)21(30)8-4-16-12-15(26)13-32-16)24(25)31-23-20(29)7-3-14(22(23)25)11-19(17)27/h3-4,7-8,12-13,17-19,24,29H,5-6,9-11H2,1-2H3/b8-4+/t17-,18-,19+,24-,25-/m0/s1. The van der Waals surface area contributed by atoms with Crippen LogP contribution in [0.2, 0.25) is 0 Å². The molecule has 2 aliphatic heterocycles. The third kappa shape index (κ3) is 2.80. The number of hydrogen-bond acceptors (Lipinski definition) is 5. The van der Waals surface area contributed by atoms with Gasteiger partial charge in [0.1, 0.15) is 6.10 Å². The molecule has 0 unspecified atom stereocenters. The molecule has 7 heteroatoms. The zero-order valence-electron chi connectivity index (χ0n) is 18.3. The van der Waals surface area contributed by atoms with Crippen molar-refractivity contribution in [1.82, 2.24) is 9.80 Å². The Labute approximate surface area is 200 Å². The predicted octanol–water partition coefficient (Wildman–Crippen LogP) is 4.43. The molecule has 2 fully saturated rings. The van der Waals surface area contributed by atoms with Crippen molar-refractivity contribution in [3.63, 3.8) is 0 Å². The third-order valence-electron chi connectivity index (χ3n) is 8.39. The number of amides is 1. The lowest BCUT2D eigenvalue weighted by atomic mass is 9.51. The van der Waals surface area contributed by atoms with E-state index in [1.54, 1.807) is 23.5 Å². The quantitative estimate of drug-likeness (QED) is 0.615. The van der Waals surface area contributed by atoms with Gasteiger partial charge in [-0.05, 0) is 84.9 Å². The molecule has 168 valence electrons. The van der Waals surface area contributed by atoms with Crippen LogP contribution in [0.25, 0.3) is 6.08 Å². The lowest BCUT2D eigenvalue weighted by Crippen LogP contribution is -2.68. The number of likely N-dealkylation sites (N-methyl/N-ethyl adjacent to an activating group) is 2. The van der Waals surface area contributed by atoms with Crippen LogP contribution in [0, 0.1) is 5.92 Å². The topological polar surface area (TPSA) is 53.0 Å². The van der Waals surface area contributed by atoms with E-state index < -0.39 is 0 Å². The van der Waals surface area contributed by atoms with Gasteiger partial charge in [-0.15, -0.1) is 11.3 Å². The predicted molar refractivity (Wildman–Crippen MR) is 129 cm³/mol. The Hall–Kier alpha value is -1.83. The highest BCUT2D eigenvalue weighted by Crippen LogP contribution is 2.64. The fourth-order valence-electron chi connectivity index (χ4n) is 6.96. The van der Waals surface area contributed by atoms with E-state index in [0.717, 1.165) is 41.6 Å². The van der Waals surface area contributed by atoms with E-state index in [4.69, 9.17) is 4.74 Å². The number of nitrogens with zero attached hydrogens (tertiary/aromatic N) is 2. The van der Waals surface area contributed by atoms with E-state index in [1.165, 1.54) is 11.1 Å². The number of halogens is 1. The minimum Gasteiger partial charge on any atom is -0.504 e. The fraction of sp³-hybridized carbons (Fsp3) is 0.480. The Morgan fingerprint density at radius 3 is 3.03 bits per heavy atom. The van der Waals surface area contributed by atoms with Crippen LogP contribution >= 0.6 is 27.3 Å². The molecule has 1 spiro atoms. The van der Waals surface area contributed by atoms with Crippen molar-refractivity contribution >= 4 is 39.2 Å². The van der Waals surface area contributed by atoms with Gasteiger partial charge in [-0.25, -0.2) is 0 Å². The summed E-state index contributed by atoms with van der Waals surface area (Å²) in [5, 5.41) is 12.7. The summed E-state index contributed by atoms with van der Waals surface area (Å²) in [7, 11) is 4.14. The number of phenolic OH excluding ortho intramolecular Hbond substituents is 1. The molecule has 1 N–H and O–H groups in total. The van der Waals surface area contributed by atoms with Gasteiger partial charge in [0.25, 0.3) is 0 Å². The average Bonchev–Trinajstić information content (AvgIpc) is 3.36. The molecule has 1 saturated carbocycles. The first-order valence-electron chi connectivity index (χ1n) is 11.3. The highest BCUT2D eigenvalue weighted by molar-refractivity contribution is 9.10. The largest absolute Gasteiger partial charge is 0.504 e. The fourth-order valence-corrected chi connectivity index (χ4v) is 8.29. The van der Waals surface area contributed by atoms with E-state index in [2.05, 4.69) is 33.9 Å². The van der Waals surface area contributed by atoms with Gasteiger partial charge in [0.05, 0.1) is 6.04 Å².